The van der Waals surface area contributed by atoms with Crippen molar-refractivity contribution in [1.29, 1.82) is 0 Å². The predicted octanol–water partition coefficient (Wildman–Crippen LogP) is 3.21. The van der Waals surface area contributed by atoms with E-state index in [-0.39, 0.29) is 24.1 Å². The topological polar surface area (TPSA) is 89.9 Å². The molecule has 2 rings (SSSR count). The van der Waals surface area contributed by atoms with Crippen LogP contribution in [-0.4, -0.2) is 45.3 Å². The maximum absolute atomic E-state index is 12.4. The summed E-state index contributed by atoms with van der Waals surface area (Å²) in [6.45, 7) is 5.11. The molecule has 2 aliphatic rings. The van der Waals surface area contributed by atoms with Gasteiger partial charge in [-0.2, -0.15) is 21.6 Å². The number of aliphatic imine (C=N–C) groups is 1. The molecule has 156 valence electrons. The second kappa shape index (κ2) is 7.38. The van der Waals surface area contributed by atoms with Crippen LogP contribution in [0.3, 0.4) is 0 Å². The van der Waals surface area contributed by atoms with Gasteiger partial charge in [-0.25, -0.2) is 13.4 Å². The van der Waals surface area contributed by atoms with Gasteiger partial charge in [0.2, 0.25) is 5.90 Å². The zero-order chi connectivity index (χ0) is 20.7. The summed E-state index contributed by atoms with van der Waals surface area (Å²) in [5.74, 6) is -0.344. The van der Waals surface area contributed by atoms with Gasteiger partial charge in [0.15, 0.2) is 9.84 Å². The quantitative estimate of drug-likeness (QED) is 0.504. The molecule has 27 heavy (non-hydrogen) atoms. The molecule has 1 heterocycles. The number of alkyl halides is 3. The molecule has 0 atom stereocenters. The summed E-state index contributed by atoms with van der Waals surface area (Å²) in [5.41, 5.74) is -4.78. The van der Waals surface area contributed by atoms with Gasteiger partial charge >= 0.3 is 15.6 Å². The lowest BCUT2D eigenvalue weighted by Crippen LogP contribution is -2.34. The molecule has 0 saturated heterocycles. The third-order valence-corrected chi connectivity index (χ3v) is 8.70. The second-order valence-electron chi connectivity index (χ2n) is 7.97. The first kappa shape index (κ1) is 22.2. The first-order valence-electron chi connectivity index (χ1n) is 8.60. The van der Waals surface area contributed by atoms with Crippen LogP contribution in [-0.2, 0) is 24.1 Å². The van der Waals surface area contributed by atoms with Crippen molar-refractivity contribution >= 4 is 25.9 Å². The van der Waals surface area contributed by atoms with Gasteiger partial charge < -0.3 is 4.18 Å². The Labute approximate surface area is 157 Å². The molecule has 0 amide bonds. The van der Waals surface area contributed by atoms with Crippen LogP contribution in [0, 0.1) is 11.8 Å². The van der Waals surface area contributed by atoms with Crippen molar-refractivity contribution in [2.75, 3.05) is 12.3 Å². The van der Waals surface area contributed by atoms with Gasteiger partial charge in [-0.15, -0.1) is 0 Å². The molecule has 0 aromatic rings. The molecule has 0 aromatic heterocycles. The SMILES string of the molecule is CC(C)(C)S(=O)(=O)CC1CCC(C2=CC(OS(=O)(=O)C(F)(F)F)=NC2)CC1. The molecule has 1 aliphatic carbocycles. The molecule has 6 nitrogen and oxygen atoms in total. The maximum Gasteiger partial charge on any atom is 0.534 e. The van der Waals surface area contributed by atoms with E-state index in [2.05, 4.69) is 9.18 Å². The smallest absolute Gasteiger partial charge is 0.356 e. The lowest BCUT2D eigenvalue weighted by atomic mass is 9.79. The Kier molecular flexibility index (Phi) is 6.07. The molecular formula is C16H24F3NO5S2. The summed E-state index contributed by atoms with van der Waals surface area (Å²) in [5, 5.41) is 0. The zero-order valence-electron chi connectivity index (χ0n) is 15.4. The number of hydrogen-bond donors (Lipinski definition) is 0. The van der Waals surface area contributed by atoms with E-state index in [1.807, 2.05) is 0 Å². The van der Waals surface area contributed by atoms with Crippen molar-refractivity contribution in [3.63, 3.8) is 0 Å². The van der Waals surface area contributed by atoms with Crippen LogP contribution < -0.4 is 0 Å². The highest BCUT2D eigenvalue weighted by Gasteiger charge is 2.49. The van der Waals surface area contributed by atoms with Crippen molar-refractivity contribution in [2.24, 2.45) is 16.8 Å². The van der Waals surface area contributed by atoms with Crippen LogP contribution in [0.5, 0.6) is 0 Å². The van der Waals surface area contributed by atoms with E-state index in [9.17, 15) is 30.0 Å². The molecule has 0 N–H and O–H groups in total. The van der Waals surface area contributed by atoms with Crippen LogP contribution >= 0.6 is 0 Å². The number of halogens is 3. The molecule has 0 aromatic carbocycles. The Bertz CT molecular complexity index is 828. The van der Waals surface area contributed by atoms with Gasteiger partial charge in [-0.3, -0.25) is 0 Å². The molecule has 1 aliphatic heterocycles. The monoisotopic (exact) mass is 431 g/mol. The molecule has 0 bridgehead atoms. The highest BCUT2D eigenvalue weighted by atomic mass is 32.2. The molecule has 0 radical (unpaired) electrons. The summed E-state index contributed by atoms with van der Waals surface area (Å²) in [6.07, 6.45) is 4.00. The maximum atomic E-state index is 12.4. The van der Waals surface area contributed by atoms with Crippen molar-refractivity contribution < 1.29 is 34.2 Å². The predicted molar refractivity (Wildman–Crippen MR) is 95.4 cm³/mol. The van der Waals surface area contributed by atoms with Crippen LogP contribution in [0.25, 0.3) is 0 Å². The molecule has 0 unspecified atom stereocenters. The average Bonchev–Trinajstić information content (AvgIpc) is 2.93. The first-order valence-corrected chi connectivity index (χ1v) is 11.7. The average molecular weight is 431 g/mol. The third kappa shape index (κ3) is 5.24. The second-order valence-corrected chi connectivity index (χ2v) is 12.3. The molecule has 1 saturated carbocycles. The van der Waals surface area contributed by atoms with E-state index in [4.69, 9.17) is 0 Å². The Balaban J connectivity index is 1.93. The van der Waals surface area contributed by atoms with Crippen molar-refractivity contribution in [2.45, 2.75) is 56.7 Å². The zero-order valence-corrected chi connectivity index (χ0v) is 17.0. The van der Waals surface area contributed by atoms with E-state index < -0.39 is 36.1 Å². The van der Waals surface area contributed by atoms with Crippen molar-refractivity contribution in [3.8, 4) is 0 Å². The fraction of sp³-hybridized carbons (Fsp3) is 0.812. The normalized spacial score (nSPS) is 25.1. The summed E-state index contributed by atoms with van der Waals surface area (Å²) in [4.78, 5) is 3.73. The van der Waals surface area contributed by atoms with Crippen LogP contribution in [0.2, 0.25) is 0 Å². The fourth-order valence-corrected chi connectivity index (χ4v) is 5.01. The largest absolute Gasteiger partial charge is 0.534 e. The van der Waals surface area contributed by atoms with E-state index in [1.54, 1.807) is 20.8 Å². The van der Waals surface area contributed by atoms with E-state index in [0.717, 1.165) is 5.57 Å². The summed E-state index contributed by atoms with van der Waals surface area (Å²) < 4.78 is 87.0. The van der Waals surface area contributed by atoms with Crippen LogP contribution in [0.15, 0.2) is 16.6 Å². The third-order valence-electron chi connectivity index (χ3n) is 4.96. The minimum Gasteiger partial charge on any atom is -0.356 e. The number of nitrogens with zero attached hydrogens (tertiary/aromatic N) is 1. The number of rotatable bonds is 4. The fourth-order valence-electron chi connectivity index (χ4n) is 3.14. The Morgan fingerprint density at radius 1 is 1.07 bits per heavy atom. The molecule has 1 fully saturated rings. The van der Waals surface area contributed by atoms with Gasteiger partial charge in [0.05, 0.1) is 17.0 Å². The van der Waals surface area contributed by atoms with Gasteiger partial charge in [0.1, 0.15) is 0 Å². The number of sulfone groups is 1. The first-order chi connectivity index (χ1) is 12.1. The van der Waals surface area contributed by atoms with Crippen LogP contribution in [0.1, 0.15) is 46.5 Å². The van der Waals surface area contributed by atoms with E-state index >= 15 is 0 Å². The van der Waals surface area contributed by atoms with E-state index in [0.29, 0.717) is 25.7 Å². The van der Waals surface area contributed by atoms with Gasteiger partial charge in [0, 0.05) is 6.08 Å². The minimum absolute atomic E-state index is 0.0389. The molecule has 11 heteroatoms. The van der Waals surface area contributed by atoms with Crippen molar-refractivity contribution in [1.82, 2.24) is 0 Å². The Morgan fingerprint density at radius 3 is 2.11 bits per heavy atom. The number of hydrogen-bond acceptors (Lipinski definition) is 6. The van der Waals surface area contributed by atoms with E-state index in [1.165, 1.54) is 6.08 Å². The Morgan fingerprint density at radius 2 is 1.63 bits per heavy atom. The lowest BCUT2D eigenvalue weighted by molar-refractivity contribution is -0.0504. The van der Waals surface area contributed by atoms with Crippen molar-refractivity contribution in [3.05, 3.63) is 11.6 Å². The summed E-state index contributed by atoms with van der Waals surface area (Å²) in [7, 11) is -8.93. The van der Waals surface area contributed by atoms with Gasteiger partial charge in [-0.05, 0) is 63.9 Å². The van der Waals surface area contributed by atoms with Crippen LogP contribution in [0.4, 0.5) is 13.2 Å². The standard InChI is InChI=1S/C16H24F3NO5S2/c1-15(2,3)26(21,22)10-11-4-6-12(7-5-11)13-8-14(20-9-13)25-27(23,24)16(17,18)19/h8,11-12H,4-7,9-10H2,1-3H3. The molecule has 0 spiro atoms. The minimum atomic E-state index is -5.72. The summed E-state index contributed by atoms with van der Waals surface area (Å²) >= 11 is 0. The Hall–Kier alpha value is -1.10. The highest BCUT2D eigenvalue weighted by Crippen LogP contribution is 2.36. The highest BCUT2D eigenvalue weighted by molar-refractivity contribution is 7.92. The molecular weight excluding hydrogens is 407 g/mol. The lowest BCUT2D eigenvalue weighted by Gasteiger charge is -2.31. The van der Waals surface area contributed by atoms with Gasteiger partial charge in [0.25, 0.3) is 0 Å². The summed E-state index contributed by atoms with van der Waals surface area (Å²) in [6, 6.07) is 0. The van der Waals surface area contributed by atoms with Gasteiger partial charge in [-0.1, -0.05) is 0 Å².